The van der Waals surface area contributed by atoms with E-state index in [2.05, 4.69) is 37.0 Å². The number of anilines is 3. The smallest absolute Gasteiger partial charge is 0.229 e. The average molecular weight is 250 g/mol. The summed E-state index contributed by atoms with van der Waals surface area (Å²) in [5.41, 5.74) is 5.56. The van der Waals surface area contributed by atoms with Crippen LogP contribution < -0.4 is 16.4 Å². The number of nitrogens with zero attached hydrogens (tertiary/aromatic N) is 3. The predicted octanol–water partition coefficient (Wildman–Crippen LogP) is 1.21. The highest BCUT2D eigenvalue weighted by Gasteiger charge is 2.02. The molecule has 0 unspecified atom stereocenters. The topological polar surface area (TPSA) is 88.8 Å². The van der Waals surface area contributed by atoms with Gasteiger partial charge in [0.25, 0.3) is 0 Å². The Kier molecular flexibility index (Phi) is 3.71. The van der Waals surface area contributed by atoms with E-state index in [0.29, 0.717) is 11.9 Å². The Balaban J connectivity index is 1.92. The molecule has 0 saturated heterocycles. The van der Waals surface area contributed by atoms with E-state index >= 15 is 0 Å². The van der Waals surface area contributed by atoms with Gasteiger partial charge in [0, 0.05) is 18.5 Å². The summed E-state index contributed by atoms with van der Waals surface area (Å²) in [7, 11) is 1.74. The van der Waals surface area contributed by atoms with Gasteiger partial charge in [-0.1, -0.05) is 6.07 Å². The minimum absolute atomic E-state index is 0.211. The van der Waals surface area contributed by atoms with Crippen LogP contribution in [-0.2, 0) is 6.42 Å². The van der Waals surface area contributed by atoms with Crippen LogP contribution in [-0.4, -0.2) is 28.5 Å². The van der Waals surface area contributed by atoms with Crippen molar-refractivity contribution in [1.29, 1.82) is 0 Å². The Labute approximate surface area is 103 Å². The summed E-state index contributed by atoms with van der Waals surface area (Å²) < 4.78 is 0. The Morgan fingerprint density at radius 2 is 2.12 bits per heavy atom. The highest BCUT2D eigenvalue weighted by Crippen LogP contribution is 2.10. The first-order chi connectivity index (χ1) is 8.28. The number of hydrogen-bond donors (Lipinski definition) is 3. The first kappa shape index (κ1) is 11.6. The van der Waals surface area contributed by atoms with Crippen LogP contribution in [0, 0.1) is 0 Å². The van der Waals surface area contributed by atoms with E-state index in [-0.39, 0.29) is 5.95 Å². The standard InChI is InChI=1S/C10H14N6S/c1-12-9-14-8(11)15-10(16-9)13-5-4-7-3-2-6-17-7/h2-3,6H,4-5H2,1H3,(H4,11,12,13,14,15,16). The Morgan fingerprint density at radius 1 is 1.29 bits per heavy atom. The van der Waals surface area contributed by atoms with Crippen LogP contribution >= 0.6 is 11.3 Å². The van der Waals surface area contributed by atoms with Crippen molar-refractivity contribution in [2.24, 2.45) is 0 Å². The summed E-state index contributed by atoms with van der Waals surface area (Å²) in [6.07, 6.45) is 0.943. The summed E-state index contributed by atoms with van der Waals surface area (Å²) in [5, 5.41) is 8.02. The molecule has 0 fully saturated rings. The third-order valence-corrected chi connectivity index (χ3v) is 3.05. The van der Waals surface area contributed by atoms with Crippen LogP contribution in [0.2, 0.25) is 0 Å². The summed E-state index contributed by atoms with van der Waals surface area (Å²) in [4.78, 5) is 13.4. The van der Waals surface area contributed by atoms with Crippen LogP contribution in [0.3, 0.4) is 0 Å². The van der Waals surface area contributed by atoms with Crippen molar-refractivity contribution in [3.63, 3.8) is 0 Å². The van der Waals surface area contributed by atoms with Crippen LogP contribution in [0.4, 0.5) is 17.8 Å². The molecule has 0 aliphatic rings. The first-order valence-electron chi connectivity index (χ1n) is 5.23. The van der Waals surface area contributed by atoms with Gasteiger partial charge in [-0.2, -0.15) is 15.0 Å². The largest absolute Gasteiger partial charge is 0.368 e. The van der Waals surface area contributed by atoms with Gasteiger partial charge in [0.2, 0.25) is 17.8 Å². The van der Waals surface area contributed by atoms with Crippen molar-refractivity contribution < 1.29 is 0 Å². The monoisotopic (exact) mass is 250 g/mol. The quantitative estimate of drug-likeness (QED) is 0.739. The van der Waals surface area contributed by atoms with Crippen LogP contribution in [0.25, 0.3) is 0 Å². The van der Waals surface area contributed by atoms with E-state index in [1.807, 2.05) is 6.07 Å². The summed E-state index contributed by atoms with van der Waals surface area (Å²) in [6, 6.07) is 4.15. The first-order valence-corrected chi connectivity index (χ1v) is 6.11. The maximum absolute atomic E-state index is 5.56. The zero-order valence-corrected chi connectivity index (χ0v) is 10.3. The molecule has 0 atom stereocenters. The number of rotatable bonds is 5. The highest BCUT2D eigenvalue weighted by molar-refractivity contribution is 7.09. The Hall–Kier alpha value is -1.89. The van der Waals surface area contributed by atoms with Crippen molar-refractivity contribution in [1.82, 2.24) is 15.0 Å². The van der Waals surface area contributed by atoms with E-state index in [1.54, 1.807) is 18.4 Å². The fourth-order valence-corrected chi connectivity index (χ4v) is 2.04. The molecule has 0 aliphatic heterocycles. The SMILES string of the molecule is CNc1nc(N)nc(NCCc2cccs2)n1. The van der Waals surface area contributed by atoms with Gasteiger partial charge in [-0.05, 0) is 17.9 Å². The third-order valence-electron chi connectivity index (χ3n) is 2.11. The normalized spacial score (nSPS) is 10.2. The molecule has 0 saturated carbocycles. The minimum Gasteiger partial charge on any atom is -0.368 e. The second-order valence-electron chi connectivity index (χ2n) is 3.35. The van der Waals surface area contributed by atoms with Gasteiger partial charge in [-0.15, -0.1) is 11.3 Å². The molecule has 2 aromatic rings. The van der Waals surface area contributed by atoms with Crippen LogP contribution in [0.5, 0.6) is 0 Å². The molecule has 0 amide bonds. The molecule has 0 bridgehead atoms. The lowest BCUT2D eigenvalue weighted by Gasteiger charge is -2.05. The van der Waals surface area contributed by atoms with Gasteiger partial charge in [-0.25, -0.2) is 0 Å². The van der Waals surface area contributed by atoms with Crippen LogP contribution in [0.15, 0.2) is 17.5 Å². The van der Waals surface area contributed by atoms with Gasteiger partial charge in [0.1, 0.15) is 0 Å². The number of nitrogens with one attached hydrogen (secondary N) is 2. The molecule has 0 aliphatic carbocycles. The molecule has 0 radical (unpaired) electrons. The molecule has 6 nitrogen and oxygen atoms in total. The number of thiophene rings is 1. The molecular weight excluding hydrogens is 236 g/mol. The second-order valence-corrected chi connectivity index (χ2v) is 4.38. The molecule has 2 aromatic heterocycles. The number of hydrogen-bond acceptors (Lipinski definition) is 7. The zero-order chi connectivity index (χ0) is 12.1. The molecule has 0 spiro atoms. The fourth-order valence-electron chi connectivity index (χ4n) is 1.34. The lowest BCUT2D eigenvalue weighted by molar-refractivity contribution is 0.980. The van der Waals surface area contributed by atoms with E-state index in [9.17, 15) is 0 Å². The molecule has 2 rings (SSSR count). The van der Waals surface area contributed by atoms with Crippen molar-refractivity contribution in [2.75, 3.05) is 30.0 Å². The number of nitrogens with two attached hydrogens (primary N) is 1. The lowest BCUT2D eigenvalue weighted by atomic mass is 10.3. The molecule has 0 aromatic carbocycles. The van der Waals surface area contributed by atoms with E-state index in [0.717, 1.165) is 13.0 Å². The van der Waals surface area contributed by atoms with Crippen molar-refractivity contribution >= 4 is 29.2 Å². The van der Waals surface area contributed by atoms with Crippen LogP contribution in [0.1, 0.15) is 4.88 Å². The lowest BCUT2D eigenvalue weighted by Crippen LogP contribution is -2.11. The summed E-state index contributed by atoms with van der Waals surface area (Å²) >= 11 is 1.74. The predicted molar refractivity (Wildman–Crippen MR) is 70.3 cm³/mol. The molecular formula is C10H14N6S. The highest BCUT2D eigenvalue weighted by atomic mass is 32.1. The molecule has 90 valence electrons. The van der Waals surface area contributed by atoms with Crippen molar-refractivity contribution in [3.8, 4) is 0 Å². The third kappa shape index (κ3) is 3.28. The molecule has 17 heavy (non-hydrogen) atoms. The van der Waals surface area contributed by atoms with Gasteiger partial charge in [0.15, 0.2) is 0 Å². The van der Waals surface area contributed by atoms with Gasteiger partial charge in [-0.3, -0.25) is 0 Å². The Bertz CT molecular complexity index is 470. The molecule has 2 heterocycles. The van der Waals surface area contributed by atoms with Gasteiger partial charge < -0.3 is 16.4 Å². The summed E-state index contributed by atoms with van der Waals surface area (Å²) in [6.45, 7) is 0.771. The van der Waals surface area contributed by atoms with Gasteiger partial charge in [0.05, 0.1) is 0 Å². The van der Waals surface area contributed by atoms with E-state index in [4.69, 9.17) is 5.73 Å². The maximum atomic E-state index is 5.56. The maximum Gasteiger partial charge on any atom is 0.229 e. The average Bonchev–Trinajstić information content (AvgIpc) is 2.81. The van der Waals surface area contributed by atoms with Gasteiger partial charge >= 0.3 is 0 Å². The number of nitrogen functional groups attached to an aromatic ring is 1. The zero-order valence-electron chi connectivity index (χ0n) is 9.47. The fraction of sp³-hybridized carbons (Fsp3) is 0.300. The Morgan fingerprint density at radius 3 is 2.82 bits per heavy atom. The molecule has 7 heteroatoms. The second kappa shape index (κ2) is 5.44. The minimum atomic E-state index is 0.211. The van der Waals surface area contributed by atoms with Crippen molar-refractivity contribution in [2.45, 2.75) is 6.42 Å². The summed E-state index contributed by atoms with van der Waals surface area (Å²) in [5.74, 6) is 1.18. The van der Waals surface area contributed by atoms with E-state index < -0.39 is 0 Å². The molecule has 4 N–H and O–H groups in total. The van der Waals surface area contributed by atoms with E-state index in [1.165, 1.54) is 4.88 Å². The van der Waals surface area contributed by atoms with Crippen molar-refractivity contribution in [3.05, 3.63) is 22.4 Å². The number of aromatic nitrogens is 3.